The van der Waals surface area contributed by atoms with E-state index in [-0.39, 0.29) is 0 Å². The number of hydrogen-bond donors (Lipinski definition) is 1. The molecule has 0 saturated carbocycles. The van der Waals surface area contributed by atoms with Crippen LogP contribution < -0.4 is 5.32 Å². The summed E-state index contributed by atoms with van der Waals surface area (Å²) in [5, 5.41) is 5.67. The molecule has 1 N–H and O–H groups in total. The summed E-state index contributed by atoms with van der Waals surface area (Å²) >= 11 is 4.44. The molecule has 0 radical (unpaired) electrons. The Hall–Kier alpha value is -0.240. The highest BCUT2D eigenvalue weighted by molar-refractivity contribution is 7.78. The predicted molar refractivity (Wildman–Crippen MR) is 40.9 cm³/mol. The summed E-state index contributed by atoms with van der Waals surface area (Å²) in [5.74, 6) is 0. The van der Waals surface area contributed by atoms with Gasteiger partial charge in [0, 0.05) is 6.04 Å². The van der Waals surface area contributed by atoms with E-state index < -0.39 is 0 Å². The van der Waals surface area contributed by atoms with E-state index in [2.05, 4.69) is 27.7 Å². The fraction of sp³-hybridized carbons (Fsp3) is 0.833. The Labute approximate surface area is 60.4 Å². The van der Waals surface area contributed by atoms with Crippen molar-refractivity contribution in [1.29, 1.82) is 0 Å². The highest BCUT2D eigenvalue weighted by atomic mass is 32.1. The molecule has 1 atom stereocenters. The molecule has 1 aliphatic heterocycles. The molecule has 0 aromatic rings. The minimum atomic E-state index is 0.570. The summed E-state index contributed by atoms with van der Waals surface area (Å²) in [4.78, 5) is 3.86. The zero-order valence-corrected chi connectivity index (χ0v) is 6.08. The van der Waals surface area contributed by atoms with Crippen molar-refractivity contribution in [1.82, 2.24) is 5.32 Å². The van der Waals surface area contributed by atoms with E-state index >= 15 is 0 Å². The lowest BCUT2D eigenvalue weighted by Gasteiger charge is -2.02. The Morgan fingerprint density at radius 2 is 2.67 bits per heavy atom. The first-order chi connectivity index (χ1) is 4.43. The normalized spacial score (nSPS) is 25.6. The van der Waals surface area contributed by atoms with Gasteiger partial charge in [0.15, 0.2) is 0 Å². The predicted octanol–water partition coefficient (Wildman–Crippen LogP) is 0.841. The molecule has 0 aliphatic carbocycles. The fourth-order valence-corrected chi connectivity index (χ4v) is 1.13. The van der Waals surface area contributed by atoms with E-state index in [1.165, 1.54) is 12.8 Å². The van der Waals surface area contributed by atoms with Crippen molar-refractivity contribution in [3.8, 4) is 0 Å². The van der Waals surface area contributed by atoms with Crippen LogP contribution in [0.2, 0.25) is 0 Å². The first kappa shape index (κ1) is 6.87. The van der Waals surface area contributed by atoms with Crippen LogP contribution in [0.4, 0.5) is 0 Å². The number of hydrogen-bond acceptors (Lipinski definition) is 3. The second-order valence-corrected chi connectivity index (χ2v) is 2.41. The molecule has 1 fully saturated rings. The first-order valence-electron chi connectivity index (χ1n) is 3.20. The van der Waals surface area contributed by atoms with Crippen molar-refractivity contribution in [3.63, 3.8) is 0 Å². The zero-order valence-electron chi connectivity index (χ0n) is 5.26. The Kier molecular flexibility index (Phi) is 2.84. The molecular weight excluding hydrogens is 132 g/mol. The highest BCUT2D eigenvalue weighted by Crippen LogP contribution is 2.03. The van der Waals surface area contributed by atoms with Crippen LogP contribution in [-0.4, -0.2) is 24.3 Å². The van der Waals surface area contributed by atoms with Gasteiger partial charge in [-0.05, 0) is 31.6 Å². The molecule has 0 amide bonds. The van der Waals surface area contributed by atoms with E-state index in [4.69, 9.17) is 0 Å². The van der Waals surface area contributed by atoms with Crippen molar-refractivity contribution in [2.75, 3.05) is 13.1 Å². The third-order valence-electron chi connectivity index (χ3n) is 1.54. The van der Waals surface area contributed by atoms with Crippen LogP contribution in [0.3, 0.4) is 0 Å². The minimum Gasteiger partial charge on any atom is -0.312 e. The largest absolute Gasteiger partial charge is 0.312 e. The molecular formula is C6H10N2S. The van der Waals surface area contributed by atoms with Crippen LogP contribution >= 0.6 is 12.2 Å². The number of nitrogens with one attached hydrogen (secondary N) is 1. The zero-order chi connectivity index (χ0) is 6.53. The molecule has 50 valence electrons. The van der Waals surface area contributed by atoms with Crippen molar-refractivity contribution in [2.24, 2.45) is 4.99 Å². The average molecular weight is 142 g/mol. The van der Waals surface area contributed by atoms with Gasteiger partial charge in [0.2, 0.25) is 0 Å². The van der Waals surface area contributed by atoms with E-state index in [1.54, 1.807) is 0 Å². The van der Waals surface area contributed by atoms with E-state index in [1.807, 2.05) is 0 Å². The summed E-state index contributed by atoms with van der Waals surface area (Å²) in [6.07, 6.45) is 2.51. The van der Waals surface area contributed by atoms with Crippen LogP contribution in [-0.2, 0) is 0 Å². The third kappa shape index (κ3) is 2.22. The molecule has 0 aromatic heterocycles. The molecule has 1 rings (SSSR count). The Balaban J connectivity index is 2.18. The number of nitrogens with zero attached hydrogens (tertiary/aromatic N) is 1. The molecule has 1 saturated heterocycles. The maximum absolute atomic E-state index is 4.44. The second-order valence-electron chi connectivity index (χ2n) is 2.23. The van der Waals surface area contributed by atoms with Gasteiger partial charge in [-0.15, -0.1) is 0 Å². The van der Waals surface area contributed by atoms with Gasteiger partial charge < -0.3 is 5.32 Å². The monoisotopic (exact) mass is 142 g/mol. The summed E-state index contributed by atoms with van der Waals surface area (Å²) < 4.78 is 0. The number of thiocarbonyl (C=S) groups is 1. The van der Waals surface area contributed by atoms with E-state index in [0.717, 1.165) is 13.1 Å². The summed E-state index contributed by atoms with van der Waals surface area (Å²) in [5.41, 5.74) is 0. The Morgan fingerprint density at radius 1 is 1.78 bits per heavy atom. The summed E-state index contributed by atoms with van der Waals surface area (Å²) in [6.45, 7) is 1.95. The van der Waals surface area contributed by atoms with Gasteiger partial charge in [-0.2, -0.15) is 0 Å². The van der Waals surface area contributed by atoms with Gasteiger partial charge >= 0.3 is 0 Å². The van der Waals surface area contributed by atoms with Gasteiger partial charge in [-0.25, -0.2) is 4.99 Å². The maximum Gasteiger partial charge on any atom is 0.0646 e. The topological polar surface area (TPSA) is 24.4 Å². The van der Waals surface area contributed by atoms with E-state index in [0.29, 0.717) is 6.04 Å². The SMILES string of the molecule is S=C=NC[C@@H]1CCCN1. The quantitative estimate of drug-likeness (QED) is 0.456. The average Bonchev–Trinajstić information content (AvgIpc) is 2.34. The van der Waals surface area contributed by atoms with Crippen molar-refractivity contribution in [2.45, 2.75) is 18.9 Å². The van der Waals surface area contributed by atoms with Gasteiger partial charge in [0.1, 0.15) is 0 Å². The fourth-order valence-electron chi connectivity index (χ4n) is 1.06. The molecule has 0 bridgehead atoms. The molecule has 9 heavy (non-hydrogen) atoms. The molecule has 2 nitrogen and oxygen atoms in total. The molecule has 3 heteroatoms. The minimum absolute atomic E-state index is 0.570. The lowest BCUT2D eigenvalue weighted by atomic mass is 10.2. The van der Waals surface area contributed by atoms with Crippen molar-refractivity contribution < 1.29 is 0 Å². The maximum atomic E-state index is 4.44. The second kappa shape index (κ2) is 3.72. The van der Waals surface area contributed by atoms with Gasteiger partial charge in [0.25, 0.3) is 0 Å². The number of rotatable bonds is 2. The van der Waals surface area contributed by atoms with Gasteiger partial charge in [0.05, 0.1) is 11.7 Å². The summed E-state index contributed by atoms with van der Waals surface area (Å²) in [7, 11) is 0. The Morgan fingerprint density at radius 3 is 3.22 bits per heavy atom. The molecule has 1 heterocycles. The first-order valence-corrected chi connectivity index (χ1v) is 3.61. The molecule has 0 unspecified atom stereocenters. The summed E-state index contributed by atoms with van der Waals surface area (Å²) in [6, 6.07) is 0.570. The number of isothiocyanates is 1. The van der Waals surface area contributed by atoms with Crippen LogP contribution in [0, 0.1) is 0 Å². The number of aliphatic imine (C=N–C) groups is 1. The molecule has 1 aliphatic rings. The van der Waals surface area contributed by atoms with Crippen LogP contribution in [0.1, 0.15) is 12.8 Å². The smallest absolute Gasteiger partial charge is 0.0646 e. The van der Waals surface area contributed by atoms with Gasteiger partial charge in [-0.3, -0.25) is 0 Å². The Bertz CT molecular complexity index is 123. The highest BCUT2D eigenvalue weighted by Gasteiger charge is 2.11. The van der Waals surface area contributed by atoms with Crippen molar-refractivity contribution in [3.05, 3.63) is 0 Å². The van der Waals surface area contributed by atoms with Crippen LogP contribution in [0.25, 0.3) is 0 Å². The standard InChI is InChI=1S/C6H10N2S/c9-5-7-4-6-2-1-3-8-6/h6,8H,1-4H2/t6-/m0/s1. The molecule has 0 spiro atoms. The lowest BCUT2D eigenvalue weighted by Crippen LogP contribution is -2.23. The van der Waals surface area contributed by atoms with Crippen LogP contribution in [0.5, 0.6) is 0 Å². The third-order valence-corrected chi connectivity index (χ3v) is 1.67. The van der Waals surface area contributed by atoms with Gasteiger partial charge in [-0.1, -0.05) is 0 Å². The van der Waals surface area contributed by atoms with Crippen molar-refractivity contribution >= 4 is 17.4 Å². The van der Waals surface area contributed by atoms with Crippen LogP contribution in [0.15, 0.2) is 4.99 Å². The van der Waals surface area contributed by atoms with E-state index in [9.17, 15) is 0 Å². The lowest BCUT2D eigenvalue weighted by molar-refractivity contribution is 0.619. The molecule has 0 aromatic carbocycles.